The highest BCUT2D eigenvalue weighted by Crippen LogP contribution is 2.00. The van der Waals surface area contributed by atoms with Crippen molar-refractivity contribution in [3.05, 3.63) is 0 Å². The van der Waals surface area contributed by atoms with Gasteiger partial charge in [0.1, 0.15) is 0 Å². The minimum absolute atomic E-state index is 0.188. The number of unbranched alkanes of at least 4 members (excludes halogenated alkanes) is 5. The van der Waals surface area contributed by atoms with E-state index in [2.05, 4.69) is 0 Å². The van der Waals surface area contributed by atoms with E-state index < -0.39 is 0 Å². The Kier molecular flexibility index (Phi) is 21.9. The van der Waals surface area contributed by atoms with Gasteiger partial charge >= 0.3 is 11.9 Å². The van der Waals surface area contributed by atoms with Crippen LogP contribution in [-0.2, 0) is 28.5 Å². The van der Waals surface area contributed by atoms with Crippen molar-refractivity contribution in [2.45, 2.75) is 58.8 Å². The van der Waals surface area contributed by atoms with E-state index in [0.717, 1.165) is 58.2 Å². The first-order valence-electron chi connectivity index (χ1n) is 8.29. The summed E-state index contributed by atoms with van der Waals surface area (Å²) in [6, 6.07) is 0. The fourth-order valence-corrected chi connectivity index (χ4v) is 1.66. The summed E-state index contributed by atoms with van der Waals surface area (Å²) in [5.41, 5.74) is 0. The minimum atomic E-state index is -0.197. The Labute approximate surface area is 140 Å². The summed E-state index contributed by atoms with van der Waals surface area (Å²) >= 11 is 0. The zero-order chi connectivity index (χ0) is 17.8. The van der Waals surface area contributed by atoms with Gasteiger partial charge in [-0.15, -0.1) is 0 Å². The van der Waals surface area contributed by atoms with Gasteiger partial charge in [0.05, 0.1) is 13.2 Å². The van der Waals surface area contributed by atoms with Gasteiger partial charge in [-0.05, 0) is 38.5 Å². The lowest BCUT2D eigenvalue weighted by Gasteiger charge is -2.01. The van der Waals surface area contributed by atoms with Crippen molar-refractivity contribution >= 4 is 11.9 Å². The van der Waals surface area contributed by atoms with E-state index >= 15 is 0 Å². The number of hydrogen-bond donors (Lipinski definition) is 0. The molecule has 0 N–H and O–H groups in total. The van der Waals surface area contributed by atoms with Crippen molar-refractivity contribution in [1.82, 2.24) is 0 Å². The molecular weight excluding hydrogens is 300 g/mol. The Bertz CT molecular complexity index is 268. The van der Waals surface area contributed by atoms with Crippen LogP contribution >= 0.6 is 0 Å². The van der Waals surface area contributed by atoms with Gasteiger partial charge in [0.25, 0.3) is 0 Å². The van der Waals surface area contributed by atoms with Gasteiger partial charge in [-0.2, -0.15) is 0 Å². The second kappa shape index (κ2) is 20.9. The summed E-state index contributed by atoms with van der Waals surface area (Å²) in [5, 5.41) is 0. The fourth-order valence-electron chi connectivity index (χ4n) is 1.66. The third-order valence-electron chi connectivity index (χ3n) is 2.85. The Morgan fingerprint density at radius 3 is 1.17 bits per heavy atom. The molecule has 0 saturated heterocycles. The quantitative estimate of drug-likeness (QED) is 0.381. The second-order valence-electron chi connectivity index (χ2n) is 5.14. The molecule has 0 bridgehead atoms. The van der Waals surface area contributed by atoms with Gasteiger partial charge in [-0.3, -0.25) is 9.59 Å². The van der Waals surface area contributed by atoms with Gasteiger partial charge in [0, 0.05) is 41.3 Å². The SMILES string of the molecule is COCCCCCCOC(C)=O.COCCCCCOC(C)=O. The first kappa shape index (κ1) is 24.1. The van der Waals surface area contributed by atoms with Crippen LogP contribution in [0.25, 0.3) is 0 Å². The number of hydrogen-bond acceptors (Lipinski definition) is 6. The third-order valence-corrected chi connectivity index (χ3v) is 2.85. The predicted octanol–water partition coefficient (Wildman–Crippen LogP) is 3.12. The number of carbonyl (C=O) groups is 2. The molecule has 0 rings (SSSR count). The van der Waals surface area contributed by atoms with Gasteiger partial charge in [-0.25, -0.2) is 0 Å². The average molecular weight is 334 g/mol. The first-order valence-corrected chi connectivity index (χ1v) is 8.29. The maximum Gasteiger partial charge on any atom is 0.302 e. The van der Waals surface area contributed by atoms with Crippen LogP contribution in [0.5, 0.6) is 0 Å². The summed E-state index contributed by atoms with van der Waals surface area (Å²) in [6.07, 6.45) is 7.34. The Balaban J connectivity index is 0. The zero-order valence-electron chi connectivity index (χ0n) is 15.2. The lowest BCUT2D eigenvalue weighted by atomic mass is 10.2. The van der Waals surface area contributed by atoms with E-state index in [9.17, 15) is 9.59 Å². The number of ether oxygens (including phenoxy) is 4. The molecule has 0 aromatic heterocycles. The first-order chi connectivity index (χ1) is 11.0. The molecule has 0 heterocycles. The number of rotatable bonds is 13. The molecule has 23 heavy (non-hydrogen) atoms. The molecule has 0 spiro atoms. The predicted molar refractivity (Wildman–Crippen MR) is 89.3 cm³/mol. The topological polar surface area (TPSA) is 71.1 Å². The molecule has 0 atom stereocenters. The van der Waals surface area contributed by atoms with E-state index in [1.807, 2.05) is 0 Å². The number of esters is 2. The Morgan fingerprint density at radius 1 is 0.565 bits per heavy atom. The van der Waals surface area contributed by atoms with Gasteiger partial charge < -0.3 is 18.9 Å². The van der Waals surface area contributed by atoms with Gasteiger partial charge in [0.2, 0.25) is 0 Å². The highest BCUT2D eigenvalue weighted by atomic mass is 16.5. The normalized spacial score (nSPS) is 9.74. The Hall–Kier alpha value is -1.14. The van der Waals surface area contributed by atoms with Crippen molar-refractivity contribution in [1.29, 1.82) is 0 Å². The van der Waals surface area contributed by atoms with Crippen LogP contribution in [0, 0.1) is 0 Å². The highest BCUT2D eigenvalue weighted by Gasteiger charge is 1.93. The minimum Gasteiger partial charge on any atom is -0.466 e. The standard InChI is InChI=1S/C9H18O3.C8H16O3/c1-9(10)12-8-6-4-3-5-7-11-2;1-8(9)11-7-5-3-4-6-10-2/h3-8H2,1-2H3;3-7H2,1-2H3. The molecule has 6 nitrogen and oxygen atoms in total. The summed E-state index contributed by atoms with van der Waals surface area (Å²) < 4.78 is 19.3. The third kappa shape index (κ3) is 29.5. The lowest BCUT2D eigenvalue weighted by Crippen LogP contribution is -2.00. The molecule has 0 unspecified atom stereocenters. The number of methoxy groups -OCH3 is 2. The molecule has 0 aliphatic carbocycles. The average Bonchev–Trinajstić information content (AvgIpc) is 2.50. The van der Waals surface area contributed by atoms with Gasteiger partial charge in [0.15, 0.2) is 0 Å². The second-order valence-corrected chi connectivity index (χ2v) is 5.14. The van der Waals surface area contributed by atoms with Crippen molar-refractivity contribution in [2.75, 3.05) is 40.6 Å². The van der Waals surface area contributed by atoms with E-state index in [4.69, 9.17) is 18.9 Å². The fraction of sp³-hybridized carbons (Fsp3) is 0.882. The van der Waals surface area contributed by atoms with Crippen LogP contribution in [0.15, 0.2) is 0 Å². The van der Waals surface area contributed by atoms with E-state index in [1.54, 1.807) is 14.2 Å². The van der Waals surface area contributed by atoms with Crippen LogP contribution in [0.4, 0.5) is 0 Å². The van der Waals surface area contributed by atoms with Crippen molar-refractivity contribution in [3.63, 3.8) is 0 Å². The summed E-state index contributed by atoms with van der Waals surface area (Å²) in [6.45, 7) is 5.58. The molecule has 0 amide bonds. The molecule has 0 fully saturated rings. The molecular formula is C17H34O6. The maximum atomic E-state index is 10.3. The summed E-state index contributed by atoms with van der Waals surface area (Å²) in [5.74, 6) is -0.386. The van der Waals surface area contributed by atoms with Crippen LogP contribution in [-0.4, -0.2) is 52.6 Å². The maximum absolute atomic E-state index is 10.3. The molecule has 0 aliphatic rings. The molecule has 6 heteroatoms. The van der Waals surface area contributed by atoms with Crippen molar-refractivity contribution < 1.29 is 28.5 Å². The smallest absolute Gasteiger partial charge is 0.302 e. The molecule has 138 valence electrons. The van der Waals surface area contributed by atoms with Gasteiger partial charge in [-0.1, -0.05) is 6.42 Å². The zero-order valence-corrected chi connectivity index (χ0v) is 15.2. The summed E-state index contributed by atoms with van der Waals surface area (Å²) in [4.78, 5) is 20.6. The van der Waals surface area contributed by atoms with Crippen LogP contribution in [0.1, 0.15) is 58.8 Å². The van der Waals surface area contributed by atoms with E-state index in [1.165, 1.54) is 13.8 Å². The Morgan fingerprint density at radius 2 is 0.870 bits per heavy atom. The van der Waals surface area contributed by atoms with Crippen LogP contribution < -0.4 is 0 Å². The lowest BCUT2D eigenvalue weighted by molar-refractivity contribution is -0.142. The molecule has 0 radical (unpaired) electrons. The molecule has 0 aromatic rings. The molecule has 0 saturated carbocycles. The van der Waals surface area contributed by atoms with Crippen molar-refractivity contribution in [3.8, 4) is 0 Å². The molecule has 0 aliphatic heterocycles. The van der Waals surface area contributed by atoms with E-state index in [-0.39, 0.29) is 11.9 Å². The highest BCUT2D eigenvalue weighted by molar-refractivity contribution is 5.66. The van der Waals surface area contributed by atoms with Crippen molar-refractivity contribution in [2.24, 2.45) is 0 Å². The number of carbonyl (C=O) groups excluding carboxylic acids is 2. The summed E-state index contributed by atoms with van der Waals surface area (Å²) in [7, 11) is 3.39. The molecule has 0 aromatic carbocycles. The van der Waals surface area contributed by atoms with Crippen LogP contribution in [0.2, 0.25) is 0 Å². The largest absolute Gasteiger partial charge is 0.466 e. The monoisotopic (exact) mass is 334 g/mol. The van der Waals surface area contributed by atoms with E-state index in [0.29, 0.717) is 13.2 Å². The van der Waals surface area contributed by atoms with Crippen LogP contribution in [0.3, 0.4) is 0 Å².